The fourth-order valence-electron chi connectivity index (χ4n) is 3.41. The van der Waals surface area contributed by atoms with Crippen molar-refractivity contribution in [1.29, 1.82) is 0 Å². The molecule has 1 amide bonds. The van der Waals surface area contributed by atoms with E-state index < -0.39 is 23.1 Å². The van der Waals surface area contributed by atoms with Crippen LogP contribution in [0.4, 0.5) is 10.6 Å². The van der Waals surface area contributed by atoms with Gasteiger partial charge in [0.15, 0.2) is 5.15 Å². The summed E-state index contributed by atoms with van der Waals surface area (Å²) in [4.78, 5) is 39.2. The summed E-state index contributed by atoms with van der Waals surface area (Å²) in [7, 11) is 1.40. The summed E-state index contributed by atoms with van der Waals surface area (Å²) in [6.07, 6.45) is 3.05. The van der Waals surface area contributed by atoms with E-state index in [1.807, 2.05) is 4.90 Å². The van der Waals surface area contributed by atoms with Gasteiger partial charge in [0, 0.05) is 31.4 Å². The topological polar surface area (TPSA) is 127 Å². The average molecular weight is 512 g/mol. The number of ether oxygens (including phenoxy) is 2. The van der Waals surface area contributed by atoms with Gasteiger partial charge >= 0.3 is 6.09 Å². The molecule has 0 atom stereocenters. The maximum atomic E-state index is 12.9. The number of alkyl carbamates (subject to hydrolysis) is 1. The van der Waals surface area contributed by atoms with E-state index in [1.54, 1.807) is 20.8 Å². The molecule has 0 aliphatic carbocycles. The highest BCUT2D eigenvalue weighted by Crippen LogP contribution is 2.30. The number of nitrogens with one attached hydrogen (secondary N) is 1. The second kappa shape index (κ2) is 10.3. The van der Waals surface area contributed by atoms with Crippen LogP contribution in [-0.2, 0) is 4.74 Å². The number of amides is 1. The highest BCUT2D eigenvalue weighted by molar-refractivity contribution is 6.38. The first kappa shape index (κ1) is 25.9. The molecular formula is C22H27Cl2N5O5. The van der Waals surface area contributed by atoms with E-state index in [0.717, 1.165) is 0 Å². The van der Waals surface area contributed by atoms with E-state index in [0.29, 0.717) is 31.7 Å². The van der Waals surface area contributed by atoms with Crippen molar-refractivity contribution in [2.75, 3.05) is 31.6 Å². The lowest BCUT2D eigenvalue weighted by atomic mass is 9.91. The Kier molecular flexibility index (Phi) is 7.84. The predicted molar refractivity (Wildman–Crippen MR) is 127 cm³/mol. The van der Waals surface area contributed by atoms with Crippen LogP contribution in [0.1, 0.15) is 49.7 Å². The number of ketones is 1. The van der Waals surface area contributed by atoms with E-state index in [9.17, 15) is 14.7 Å². The molecule has 1 aliphatic rings. The Bertz CT molecular complexity index is 1070. The van der Waals surface area contributed by atoms with Crippen LogP contribution in [0.25, 0.3) is 0 Å². The molecule has 0 aromatic carbocycles. The highest BCUT2D eigenvalue weighted by atomic mass is 35.5. The first-order chi connectivity index (χ1) is 15.9. The quantitative estimate of drug-likeness (QED) is 0.561. The van der Waals surface area contributed by atoms with E-state index in [2.05, 4.69) is 20.3 Å². The van der Waals surface area contributed by atoms with Crippen molar-refractivity contribution in [3.63, 3.8) is 0 Å². The largest absolute Gasteiger partial charge is 0.480 e. The summed E-state index contributed by atoms with van der Waals surface area (Å²) in [5, 5.41) is 13.4. The smallest absolute Gasteiger partial charge is 0.407 e. The number of anilines is 1. The van der Waals surface area contributed by atoms with Crippen molar-refractivity contribution < 1.29 is 24.2 Å². The minimum Gasteiger partial charge on any atom is -0.480 e. The lowest BCUT2D eigenvalue weighted by Gasteiger charge is -2.38. The van der Waals surface area contributed by atoms with Crippen LogP contribution in [-0.4, -0.2) is 69.9 Å². The molecule has 12 heteroatoms. The Morgan fingerprint density at radius 1 is 1.24 bits per heavy atom. The molecule has 0 spiro atoms. The molecule has 1 aliphatic heterocycles. The number of carbonyl (C=O) groups excluding carboxylic acids is 2. The molecule has 3 heterocycles. The van der Waals surface area contributed by atoms with Crippen LogP contribution in [0, 0.1) is 0 Å². The van der Waals surface area contributed by atoms with E-state index in [1.165, 1.54) is 25.6 Å². The number of methoxy groups -OCH3 is 1. The molecule has 184 valence electrons. The number of hydrogen-bond acceptors (Lipinski definition) is 9. The number of halogens is 2. The molecule has 1 fully saturated rings. The molecule has 1 saturated heterocycles. The second-order valence-electron chi connectivity index (χ2n) is 8.95. The minimum absolute atomic E-state index is 0.0457. The third-order valence-corrected chi connectivity index (χ3v) is 5.84. The molecule has 10 nitrogen and oxygen atoms in total. The second-order valence-corrected chi connectivity index (χ2v) is 9.68. The van der Waals surface area contributed by atoms with Gasteiger partial charge in [0.2, 0.25) is 11.7 Å². The minimum atomic E-state index is -1.07. The lowest BCUT2D eigenvalue weighted by molar-refractivity contribution is 0.00791. The van der Waals surface area contributed by atoms with E-state index in [-0.39, 0.29) is 33.9 Å². The fourth-order valence-corrected chi connectivity index (χ4v) is 3.91. The van der Waals surface area contributed by atoms with Gasteiger partial charge in [0.1, 0.15) is 22.1 Å². The van der Waals surface area contributed by atoms with Crippen LogP contribution in [0.15, 0.2) is 18.5 Å². The summed E-state index contributed by atoms with van der Waals surface area (Å²) in [5.41, 5.74) is -1.58. The first-order valence-corrected chi connectivity index (χ1v) is 11.4. The molecular weight excluding hydrogens is 485 g/mol. The van der Waals surface area contributed by atoms with Crippen LogP contribution in [0.2, 0.25) is 10.2 Å². The first-order valence-electron chi connectivity index (χ1n) is 10.6. The SMILES string of the molecule is COc1nccc(C(=O)c2ncc(N3CCC(O)(CNC(=O)OC(C)(C)C)CC3)nc2Cl)c1Cl. The molecule has 3 rings (SSSR count). The third kappa shape index (κ3) is 6.25. The number of hydrogen-bond donors (Lipinski definition) is 2. The Morgan fingerprint density at radius 2 is 1.91 bits per heavy atom. The number of rotatable bonds is 6. The van der Waals surface area contributed by atoms with E-state index >= 15 is 0 Å². The van der Waals surface area contributed by atoms with Gasteiger partial charge in [-0.15, -0.1) is 0 Å². The number of pyridine rings is 1. The average Bonchev–Trinajstić information content (AvgIpc) is 2.77. The zero-order valence-corrected chi connectivity index (χ0v) is 20.9. The van der Waals surface area contributed by atoms with Gasteiger partial charge in [-0.05, 0) is 39.7 Å². The van der Waals surface area contributed by atoms with Crippen LogP contribution < -0.4 is 15.0 Å². The van der Waals surface area contributed by atoms with Crippen LogP contribution >= 0.6 is 23.2 Å². The van der Waals surface area contributed by atoms with Crippen molar-refractivity contribution in [2.24, 2.45) is 0 Å². The van der Waals surface area contributed by atoms with Crippen molar-refractivity contribution in [3.8, 4) is 5.88 Å². The molecule has 0 bridgehead atoms. The Balaban J connectivity index is 1.64. The maximum Gasteiger partial charge on any atom is 0.407 e. The standard InChI is InChI=1S/C22H27Cl2N5O5/c1-21(2,3)34-20(31)27-12-22(32)6-9-29(10-7-22)14-11-26-16(18(24)28-14)17(30)13-5-8-25-19(33-4)15(13)23/h5,8,11,32H,6-7,9-10,12H2,1-4H3,(H,27,31). The van der Waals surface area contributed by atoms with Crippen molar-refractivity contribution in [1.82, 2.24) is 20.3 Å². The van der Waals surface area contributed by atoms with Gasteiger partial charge in [-0.1, -0.05) is 23.2 Å². The van der Waals surface area contributed by atoms with E-state index in [4.69, 9.17) is 32.7 Å². The zero-order chi connectivity index (χ0) is 25.1. The van der Waals surface area contributed by atoms with Gasteiger partial charge in [-0.2, -0.15) is 0 Å². The molecule has 2 N–H and O–H groups in total. The summed E-state index contributed by atoms with van der Waals surface area (Å²) >= 11 is 12.5. The molecule has 0 unspecified atom stereocenters. The molecule has 2 aromatic rings. The Morgan fingerprint density at radius 3 is 2.50 bits per heavy atom. The molecule has 0 saturated carbocycles. The molecule has 34 heavy (non-hydrogen) atoms. The van der Waals surface area contributed by atoms with Gasteiger partial charge in [-0.25, -0.2) is 19.7 Å². The predicted octanol–water partition coefficient (Wildman–Crippen LogP) is 3.27. The number of aliphatic hydroxyl groups is 1. The highest BCUT2D eigenvalue weighted by Gasteiger charge is 2.34. The van der Waals surface area contributed by atoms with Crippen molar-refractivity contribution >= 4 is 40.9 Å². The summed E-state index contributed by atoms with van der Waals surface area (Å²) in [5.74, 6) is 0.0910. The fraction of sp³-hybridized carbons (Fsp3) is 0.500. The number of nitrogens with zero attached hydrogens (tertiary/aromatic N) is 4. The van der Waals surface area contributed by atoms with Crippen LogP contribution in [0.5, 0.6) is 5.88 Å². The zero-order valence-electron chi connectivity index (χ0n) is 19.4. The molecule has 2 aromatic heterocycles. The van der Waals surface area contributed by atoms with Gasteiger partial charge in [0.05, 0.1) is 18.9 Å². The summed E-state index contributed by atoms with van der Waals surface area (Å²) in [6, 6.07) is 1.45. The monoisotopic (exact) mass is 511 g/mol. The van der Waals surface area contributed by atoms with Gasteiger partial charge in [0.25, 0.3) is 0 Å². The van der Waals surface area contributed by atoms with Gasteiger partial charge in [-0.3, -0.25) is 4.79 Å². The maximum absolute atomic E-state index is 12.9. The summed E-state index contributed by atoms with van der Waals surface area (Å²) in [6.45, 7) is 6.30. The Hall–Kier alpha value is -2.69. The Labute approximate surface area is 207 Å². The number of piperidine rings is 1. The molecule has 0 radical (unpaired) electrons. The normalized spacial score (nSPS) is 15.6. The van der Waals surface area contributed by atoms with Crippen molar-refractivity contribution in [3.05, 3.63) is 39.9 Å². The van der Waals surface area contributed by atoms with Gasteiger partial charge < -0.3 is 24.8 Å². The third-order valence-electron chi connectivity index (χ3n) is 5.21. The number of carbonyl (C=O) groups is 2. The van der Waals surface area contributed by atoms with Crippen LogP contribution in [0.3, 0.4) is 0 Å². The summed E-state index contributed by atoms with van der Waals surface area (Å²) < 4.78 is 10.3. The van der Waals surface area contributed by atoms with Crippen molar-refractivity contribution in [2.45, 2.75) is 44.8 Å². The number of aromatic nitrogens is 3. The lowest BCUT2D eigenvalue weighted by Crippen LogP contribution is -2.51.